The van der Waals surface area contributed by atoms with Crippen LogP contribution >= 0.6 is 15.9 Å². The number of carbonyl (C=O) groups excluding carboxylic acids is 1. The van der Waals surface area contributed by atoms with E-state index in [-0.39, 0.29) is 17.6 Å². The van der Waals surface area contributed by atoms with Crippen LogP contribution in [0.15, 0.2) is 27.6 Å². The fourth-order valence-electron chi connectivity index (χ4n) is 1.51. The molecule has 0 bridgehead atoms. The van der Waals surface area contributed by atoms with Crippen LogP contribution in [0.4, 0.5) is 0 Å². The normalized spacial score (nSPS) is 12.5. The summed E-state index contributed by atoms with van der Waals surface area (Å²) >= 11 is 3.28. The van der Waals surface area contributed by atoms with Gasteiger partial charge in [0.15, 0.2) is 0 Å². The molecule has 0 N–H and O–H groups in total. The highest BCUT2D eigenvalue weighted by atomic mass is 79.9. The number of nitrogens with zero attached hydrogens (tertiary/aromatic N) is 1. The van der Waals surface area contributed by atoms with Crippen molar-refractivity contribution in [1.29, 1.82) is 0 Å². The van der Waals surface area contributed by atoms with E-state index in [1.54, 1.807) is 26.1 Å². The van der Waals surface area contributed by atoms with E-state index in [0.717, 1.165) is 4.47 Å². The second-order valence-corrected chi connectivity index (χ2v) is 4.92. The summed E-state index contributed by atoms with van der Waals surface area (Å²) in [5, 5.41) is 0. The topological polar surface area (TPSA) is 48.3 Å². The third kappa shape index (κ3) is 3.70. The molecule has 1 heterocycles. The van der Waals surface area contributed by atoms with Crippen molar-refractivity contribution in [2.75, 3.05) is 0 Å². The van der Waals surface area contributed by atoms with E-state index in [4.69, 9.17) is 4.74 Å². The lowest BCUT2D eigenvalue weighted by Crippen LogP contribution is -2.31. The Labute approximate surface area is 109 Å². The third-order valence-corrected chi connectivity index (χ3v) is 2.72. The molecule has 0 saturated heterocycles. The molecule has 1 unspecified atom stereocenters. The van der Waals surface area contributed by atoms with Crippen molar-refractivity contribution in [1.82, 2.24) is 4.57 Å². The Kier molecular flexibility index (Phi) is 4.93. The van der Waals surface area contributed by atoms with Gasteiger partial charge in [-0.05, 0) is 42.3 Å². The Hall–Kier alpha value is -1.10. The molecule has 0 aromatic carbocycles. The van der Waals surface area contributed by atoms with E-state index in [0.29, 0.717) is 6.42 Å². The number of esters is 1. The molecule has 0 radical (unpaired) electrons. The predicted octanol–water partition coefficient (Wildman–Crippen LogP) is 2.51. The van der Waals surface area contributed by atoms with Crippen LogP contribution in [0.1, 0.15) is 33.2 Å². The zero-order valence-electron chi connectivity index (χ0n) is 10.1. The summed E-state index contributed by atoms with van der Waals surface area (Å²) < 4.78 is 7.29. The lowest BCUT2D eigenvalue weighted by molar-refractivity contribution is -0.151. The van der Waals surface area contributed by atoms with Gasteiger partial charge in [-0.2, -0.15) is 0 Å². The van der Waals surface area contributed by atoms with E-state index in [2.05, 4.69) is 15.9 Å². The van der Waals surface area contributed by atoms with Gasteiger partial charge in [-0.25, -0.2) is 4.79 Å². The third-order valence-electron chi connectivity index (χ3n) is 2.25. The Morgan fingerprint density at radius 1 is 1.47 bits per heavy atom. The molecule has 1 rings (SSSR count). The largest absolute Gasteiger partial charge is 0.461 e. The van der Waals surface area contributed by atoms with Crippen molar-refractivity contribution >= 4 is 21.9 Å². The maximum atomic E-state index is 11.9. The fourth-order valence-corrected chi connectivity index (χ4v) is 1.86. The minimum atomic E-state index is -0.567. The summed E-state index contributed by atoms with van der Waals surface area (Å²) in [5.41, 5.74) is -0.208. The van der Waals surface area contributed by atoms with Gasteiger partial charge in [0.05, 0.1) is 6.10 Å². The second-order valence-electron chi connectivity index (χ2n) is 4.00. The quantitative estimate of drug-likeness (QED) is 0.803. The van der Waals surface area contributed by atoms with Gasteiger partial charge in [-0.15, -0.1) is 0 Å². The molecule has 1 aromatic rings. The average molecular weight is 302 g/mol. The minimum Gasteiger partial charge on any atom is -0.461 e. The Balaban J connectivity index is 3.05. The van der Waals surface area contributed by atoms with E-state index >= 15 is 0 Å². The van der Waals surface area contributed by atoms with Crippen molar-refractivity contribution in [3.63, 3.8) is 0 Å². The molecule has 1 atom stereocenters. The van der Waals surface area contributed by atoms with Crippen molar-refractivity contribution in [2.45, 2.75) is 39.3 Å². The number of ether oxygens (including phenoxy) is 1. The van der Waals surface area contributed by atoms with Gasteiger partial charge in [0.2, 0.25) is 0 Å². The standard InChI is InChI=1S/C12H16BrNO3/c1-4-10(12(16)17-8(2)3)14-7-9(13)5-6-11(14)15/h5-8,10H,4H2,1-3H3. The van der Waals surface area contributed by atoms with Crippen LogP contribution in [0.25, 0.3) is 0 Å². The van der Waals surface area contributed by atoms with Gasteiger partial charge >= 0.3 is 5.97 Å². The van der Waals surface area contributed by atoms with Crippen LogP contribution in [-0.4, -0.2) is 16.6 Å². The van der Waals surface area contributed by atoms with Crippen molar-refractivity contribution < 1.29 is 9.53 Å². The molecule has 0 aliphatic rings. The van der Waals surface area contributed by atoms with Gasteiger partial charge in [-0.3, -0.25) is 4.79 Å². The molecule has 94 valence electrons. The predicted molar refractivity (Wildman–Crippen MR) is 69.0 cm³/mol. The number of halogens is 1. The molecule has 0 amide bonds. The lowest BCUT2D eigenvalue weighted by Gasteiger charge is -2.18. The number of hydrogen-bond acceptors (Lipinski definition) is 3. The first-order valence-corrected chi connectivity index (χ1v) is 6.33. The van der Waals surface area contributed by atoms with E-state index in [1.165, 1.54) is 10.6 Å². The van der Waals surface area contributed by atoms with Crippen molar-refractivity contribution in [3.05, 3.63) is 33.2 Å². The number of pyridine rings is 1. The maximum absolute atomic E-state index is 11.9. The maximum Gasteiger partial charge on any atom is 0.329 e. The molecule has 0 spiro atoms. The summed E-state index contributed by atoms with van der Waals surface area (Å²) in [4.78, 5) is 23.5. The van der Waals surface area contributed by atoms with Gasteiger partial charge in [0, 0.05) is 16.7 Å². The van der Waals surface area contributed by atoms with Gasteiger partial charge < -0.3 is 9.30 Å². The lowest BCUT2D eigenvalue weighted by atomic mass is 10.2. The monoisotopic (exact) mass is 301 g/mol. The highest BCUT2D eigenvalue weighted by Gasteiger charge is 2.21. The van der Waals surface area contributed by atoms with Crippen LogP contribution in [0.5, 0.6) is 0 Å². The molecule has 0 saturated carbocycles. The summed E-state index contributed by atoms with van der Waals surface area (Å²) in [6, 6.07) is 2.51. The average Bonchev–Trinajstić information content (AvgIpc) is 2.23. The Morgan fingerprint density at radius 2 is 2.12 bits per heavy atom. The molecule has 0 aliphatic carbocycles. The van der Waals surface area contributed by atoms with Gasteiger partial charge in [-0.1, -0.05) is 6.92 Å². The number of carbonyl (C=O) groups is 1. The highest BCUT2D eigenvalue weighted by molar-refractivity contribution is 9.10. The SMILES string of the molecule is CCC(C(=O)OC(C)C)n1cc(Br)ccc1=O. The molecule has 0 fully saturated rings. The van der Waals surface area contributed by atoms with E-state index in [1.807, 2.05) is 6.92 Å². The van der Waals surface area contributed by atoms with Crippen LogP contribution in [0, 0.1) is 0 Å². The zero-order chi connectivity index (χ0) is 13.0. The van der Waals surface area contributed by atoms with Crippen molar-refractivity contribution in [2.24, 2.45) is 0 Å². The zero-order valence-corrected chi connectivity index (χ0v) is 11.7. The molecular weight excluding hydrogens is 286 g/mol. The number of hydrogen-bond donors (Lipinski definition) is 0. The molecule has 4 nitrogen and oxygen atoms in total. The number of rotatable bonds is 4. The van der Waals surface area contributed by atoms with Crippen LogP contribution < -0.4 is 5.56 Å². The number of aromatic nitrogens is 1. The first kappa shape index (κ1) is 14.0. The van der Waals surface area contributed by atoms with E-state index in [9.17, 15) is 9.59 Å². The molecule has 1 aromatic heterocycles. The van der Waals surface area contributed by atoms with Crippen LogP contribution in [0.2, 0.25) is 0 Å². The Bertz CT molecular complexity index is 453. The first-order chi connectivity index (χ1) is 7.95. The van der Waals surface area contributed by atoms with E-state index < -0.39 is 6.04 Å². The molecule has 0 aliphatic heterocycles. The summed E-state index contributed by atoms with van der Waals surface area (Å²) in [6.45, 7) is 5.42. The van der Waals surface area contributed by atoms with Gasteiger partial charge in [0.25, 0.3) is 5.56 Å². The fraction of sp³-hybridized carbons (Fsp3) is 0.500. The molecular formula is C12H16BrNO3. The van der Waals surface area contributed by atoms with Gasteiger partial charge in [0.1, 0.15) is 6.04 Å². The summed E-state index contributed by atoms with van der Waals surface area (Å²) in [6.07, 6.45) is 1.94. The second kappa shape index (κ2) is 6.00. The first-order valence-electron chi connectivity index (χ1n) is 5.54. The van der Waals surface area contributed by atoms with Crippen molar-refractivity contribution in [3.8, 4) is 0 Å². The van der Waals surface area contributed by atoms with Crippen LogP contribution in [-0.2, 0) is 9.53 Å². The minimum absolute atomic E-state index is 0.181. The Morgan fingerprint density at radius 3 is 2.65 bits per heavy atom. The summed E-state index contributed by atoms with van der Waals surface area (Å²) in [7, 11) is 0. The molecule has 17 heavy (non-hydrogen) atoms. The summed E-state index contributed by atoms with van der Waals surface area (Å²) in [5.74, 6) is -0.372. The molecule has 5 heteroatoms. The highest BCUT2D eigenvalue weighted by Crippen LogP contribution is 2.15. The van der Waals surface area contributed by atoms with Crippen LogP contribution in [0.3, 0.4) is 0 Å². The smallest absolute Gasteiger partial charge is 0.329 e.